The van der Waals surface area contributed by atoms with Gasteiger partial charge in [0, 0.05) is 25.6 Å². The lowest BCUT2D eigenvalue weighted by atomic mass is 9.94. The Balaban J connectivity index is 2.18. The molecule has 1 aliphatic heterocycles. The number of aliphatic carboxylic acids is 1. The van der Waals surface area contributed by atoms with Gasteiger partial charge in [-0.3, -0.25) is 4.79 Å². The van der Waals surface area contributed by atoms with Crippen molar-refractivity contribution in [2.24, 2.45) is 11.3 Å². The van der Waals surface area contributed by atoms with Crippen LogP contribution in [0.3, 0.4) is 0 Å². The number of hydrogen-bond donors (Lipinski definition) is 3. The Labute approximate surface area is 101 Å². The van der Waals surface area contributed by atoms with Gasteiger partial charge >= 0.3 is 12.0 Å². The Morgan fingerprint density at radius 1 is 1.41 bits per heavy atom. The highest BCUT2D eigenvalue weighted by molar-refractivity contribution is 5.77. The molecule has 2 amide bonds. The molecule has 0 aromatic carbocycles. The fraction of sp³-hybridized carbons (Fsp3) is 0.818. The van der Waals surface area contributed by atoms with Crippen LogP contribution < -0.4 is 10.6 Å². The van der Waals surface area contributed by atoms with Gasteiger partial charge < -0.3 is 20.5 Å². The van der Waals surface area contributed by atoms with E-state index in [-0.39, 0.29) is 12.6 Å². The first kappa shape index (κ1) is 13.8. The fourth-order valence-electron chi connectivity index (χ4n) is 1.42. The topological polar surface area (TPSA) is 87.7 Å². The predicted octanol–water partition coefficient (Wildman–Crippen LogP) is 0.433. The van der Waals surface area contributed by atoms with Crippen molar-refractivity contribution in [1.29, 1.82) is 0 Å². The molecule has 1 heterocycles. The van der Waals surface area contributed by atoms with Crippen molar-refractivity contribution in [1.82, 2.24) is 10.6 Å². The van der Waals surface area contributed by atoms with Crippen molar-refractivity contribution < 1.29 is 19.4 Å². The van der Waals surface area contributed by atoms with E-state index in [1.165, 1.54) is 0 Å². The standard InChI is InChI=1S/C11H20N2O4/c1-11(2,9(14)15)7-13-10(16)12-5-8-3-4-17-6-8/h8H,3-7H2,1-2H3,(H,14,15)(H2,12,13,16). The van der Waals surface area contributed by atoms with Gasteiger partial charge in [-0.25, -0.2) is 4.79 Å². The van der Waals surface area contributed by atoms with Crippen LogP contribution in [0.5, 0.6) is 0 Å². The molecule has 0 aliphatic carbocycles. The molecular weight excluding hydrogens is 224 g/mol. The summed E-state index contributed by atoms with van der Waals surface area (Å²) in [5.41, 5.74) is -0.951. The van der Waals surface area contributed by atoms with E-state index in [0.717, 1.165) is 13.0 Å². The number of nitrogens with one attached hydrogen (secondary N) is 2. The summed E-state index contributed by atoms with van der Waals surface area (Å²) in [5, 5.41) is 14.1. The molecule has 1 atom stereocenters. The fourth-order valence-corrected chi connectivity index (χ4v) is 1.42. The number of carboxylic acids is 1. The zero-order valence-corrected chi connectivity index (χ0v) is 10.3. The maximum atomic E-state index is 11.4. The zero-order valence-electron chi connectivity index (χ0n) is 10.3. The van der Waals surface area contributed by atoms with Gasteiger partial charge in [0.2, 0.25) is 0 Å². The molecule has 1 unspecified atom stereocenters. The molecule has 0 aromatic rings. The van der Waals surface area contributed by atoms with E-state index >= 15 is 0 Å². The molecule has 6 heteroatoms. The summed E-state index contributed by atoms with van der Waals surface area (Å²) in [7, 11) is 0. The summed E-state index contributed by atoms with van der Waals surface area (Å²) in [6.07, 6.45) is 0.959. The van der Waals surface area contributed by atoms with E-state index in [9.17, 15) is 9.59 Å². The van der Waals surface area contributed by atoms with Gasteiger partial charge in [0.1, 0.15) is 0 Å². The normalized spacial score (nSPS) is 20.0. The van der Waals surface area contributed by atoms with Crippen LogP contribution in [-0.4, -0.2) is 43.4 Å². The molecule has 3 N–H and O–H groups in total. The number of carboxylic acid groups (broad SMARTS) is 1. The van der Waals surface area contributed by atoms with Crippen LogP contribution in [0, 0.1) is 11.3 Å². The maximum Gasteiger partial charge on any atom is 0.314 e. The molecule has 1 saturated heterocycles. The molecule has 0 radical (unpaired) electrons. The number of carbonyl (C=O) groups is 2. The Morgan fingerprint density at radius 3 is 2.65 bits per heavy atom. The third-order valence-electron chi connectivity index (χ3n) is 2.85. The smallest absolute Gasteiger partial charge is 0.314 e. The van der Waals surface area contributed by atoms with Gasteiger partial charge in [-0.15, -0.1) is 0 Å². The van der Waals surface area contributed by atoms with Gasteiger partial charge in [0.05, 0.1) is 12.0 Å². The molecule has 98 valence electrons. The van der Waals surface area contributed by atoms with Crippen LogP contribution in [0.2, 0.25) is 0 Å². The largest absolute Gasteiger partial charge is 0.481 e. The minimum absolute atomic E-state index is 0.106. The summed E-state index contributed by atoms with van der Waals surface area (Å²) in [4.78, 5) is 22.2. The quantitative estimate of drug-likeness (QED) is 0.654. The molecule has 1 fully saturated rings. The van der Waals surface area contributed by atoms with Gasteiger partial charge in [0.25, 0.3) is 0 Å². The summed E-state index contributed by atoms with van der Waals surface area (Å²) < 4.78 is 5.19. The van der Waals surface area contributed by atoms with Crippen molar-refractivity contribution in [3.05, 3.63) is 0 Å². The Bertz CT molecular complexity index is 285. The SMILES string of the molecule is CC(C)(CNC(=O)NCC1CCOC1)C(=O)O. The lowest BCUT2D eigenvalue weighted by Gasteiger charge is -2.20. The number of urea groups is 1. The van der Waals surface area contributed by atoms with Crippen LogP contribution in [-0.2, 0) is 9.53 Å². The third-order valence-corrected chi connectivity index (χ3v) is 2.85. The number of amides is 2. The third kappa shape index (κ3) is 4.60. The second-order valence-electron chi connectivity index (χ2n) is 4.98. The van der Waals surface area contributed by atoms with E-state index in [1.807, 2.05) is 0 Å². The summed E-state index contributed by atoms with van der Waals surface area (Å²) in [5.74, 6) is -0.560. The van der Waals surface area contributed by atoms with Crippen LogP contribution in [0.4, 0.5) is 4.79 Å². The maximum absolute atomic E-state index is 11.4. The lowest BCUT2D eigenvalue weighted by Crippen LogP contribution is -2.44. The first-order valence-corrected chi connectivity index (χ1v) is 5.74. The van der Waals surface area contributed by atoms with E-state index in [1.54, 1.807) is 13.8 Å². The van der Waals surface area contributed by atoms with Crippen molar-refractivity contribution in [3.8, 4) is 0 Å². The highest BCUT2D eigenvalue weighted by atomic mass is 16.5. The summed E-state index contributed by atoms with van der Waals surface area (Å²) in [6.45, 7) is 5.25. The van der Waals surface area contributed by atoms with Crippen LogP contribution in [0.15, 0.2) is 0 Å². The van der Waals surface area contributed by atoms with Crippen molar-refractivity contribution in [2.75, 3.05) is 26.3 Å². The van der Waals surface area contributed by atoms with Gasteiger partial charge in [-0.2, -0.15) is 0 Å². The van der Waals surface area contributed by atoms with Crippen LogP contribution in [0.25, 0.3) is 0 Å². The molecule has 0 bridgehead atoms. The Kier molecular flexibility index (Phi) is 4.74. The number of hydrogen-bond acceptors (Lipinski definition) is 3. The van der Waals surface area contributed by atoms with Crippen LogP contribution in [0.1, 0.15) is 20.3 Å². The Morgan fingerprint density at radius 2 is 2.12 bits per heavy atom. The number of carbonyl (C=O) groups excluding carboxylic acids is 1. The highest BCUT2D eigenvalue weighted by Crippen LogP contribution is 2.13. The second kappa shape index (κ2) is 5.86. The van der Waals surface area contributed by atoms with E-state index in [0.29, 0.717) is 19.1 Å². The van der Waals surface area contributed by atoms with Crippen molar-refractivity contribution in [2.45, 2.75) is 20.3 Å². The first-order valence-electron chi connectivity index (χ1n) is 5.74. The molecule has 6 nitrogen and oxygen atoms in total. The predicted molar refractivity (Wildman–Crippen MR) is 61.7 cm³/mol. The summed E-state index contributed by atoms with van der Waals surface area (Å²) in [6, 6.07) is -0.328. The lowest BCUT2D eigenvalue weighted by molar-refractivity contribution is -0.146. The van der Waals surface area contributed by atoms with E-state index < -0.39 is 11.4 Å². The van der Waals surface area contributed by atoms with Crippen LogP contribution >= 0.6 is 0 Å². The molecule has 1 rings (SSSR count). The average Bonchev–Trinajstić information content (AvgIpc) is 2.76. The minimum Gasteiger partial charge on any atom is -0.481 e. The van der Waals surface area contributed by atoms with Crippen molar-refractivity contribution in [3.63, 3.8) is 0 Å². The molecule has 0 saturated carbocycles. The van der Waals surface area contributed by atoms with Gasteiger partial charge in [-0.05, 0) is 20.3 Å². The number of ether oxygens (including phenoxy) is 1. The summed E-state index contributed by atoms with van der Waals surface area (Å²) >= 11 is 0. The number of rotatable bonds is 5. The minimum atomic E-state index is -0.951. The molecule has 1 aliphatic rings. The van der Waals surface area contributed by atoms with E-state index in [4.69, 9.17) is 9.84 Å². The highest BCUT2D eigenvalue weighted by Gasteiger charge is 2.27. The van der Waals surface area contributed by atoms with Gasteiger partial charge in [-0.1, -0.05) is 0 Å². The van der Waals surface area contributed by atoms with E-state index in [2.05, 4.69) is 10.6 Å². The Hall–Kier alpha value is -1.30. The monoisotopic (exact) mass is 244 g/mol. The van der Waals surface area contributed by atoms with Crippen molar-refractivity contribution >= 4 is 12.0 Å². The average molecular weight is 244 g/mol. The van der Waals surface area contributed by atoms with Gasteiger partial charge in [0.15, 0.2) is 0 Å². The molecule has 17 heavy (non-hydrogen) atoms. The zero-order chi connectivity index (χ0) is 12.9. The molecule has 0 spiro atoms. The second-order valence-corrected chi connectivity index (χ2v) is 4.98. The molecular formula is C11H20N2O4. The first-order chi connectivity index (χ1) is 7.92. The molecule has 0 aromatic heterocycles.